The summed E-state index contributed by atoms with van der Waals surface area (Å²) in [5, 5.41) is 8.80. The van der Waals surface area contributed by atoms with E-state index in [4.69, 9.17) is 14.6 Å². The highest BCUT2D eigenvalue weighted by Crippen LogP contribution is 2.18. The first-order valence-corrected chi connectivity index (χ1v) is 5.58. The molecule has 88 valence electrons. The van der Waals surface area contributed by atoms with Crippen molar-refractivity contribution >= 4 is 22.6 Å². The number of aliphatic hydroxyl groups excluding tert-OH is 1. The van der Waals surface area contributed by atoms with Crippen LogP contribution in [0.4, 0.5) is 0 Å². The van der Waals surface area contributed by atoms with Gasteiger partial charge >= 0.3 is 5.69 Å². The Morgan fingerprint density at radius 1 is 1.62 bits per heavy atom. The van der Waals surface area contributed by atoms with Crippen molar-refractivity contribution < 1.29 is 14.6 Å². The van der Waals surface area contributed by atoms with E-state index in [9.17, 15) is 9.59 Å². The highest BCUT2D eigenvalue weighted by molar-refractivity contribution is 14.1. The molecule has 0 bridgehead atoms. The van der Waals surface area contributed by atoms with E-state index in [-0.39, 0.29) is 13.2 Å². The Labute approximate surface area is 103 Å². The predicted molar refractivity (Wildman–Crippen MR) is 61.0 cm³/mol. The Morgan fingerprint density at radius 3 is 3.00 bits per heavy atom. The molecule has 1 saturated heterocycles. The van der Waals surface area contributed by atoms with Crippen LogP contribution in [-0.4, -0.2) is 34.2 Å². The van der Waals surface area contributed by atoms with Crippen molar-refractivity contribution in [2.24, 2.45) is 0 Å². The number of aromatic amines is 1. The zero-order chi connectivity index (χ0) is 11.7. The SMILES string of the molecule is O=c1[nH]c(=O)n([C@@H]2CO[C@H](CO)O2)cc1I. The zero-order valence-electron chi connectivity index (χ0n) is 8.05. The molecule has 2 rings (SSSR count). The van der Waals surface area contributed by atoms with Crippen molar-refractivity contribution in [1.29, 1.82) is 0 Å². The third-order valence-corrected chi connectivity index (χ3v) is 2.89. The molecule has 0 amide bonds. The molecule has 1 aliphatic rings. The van der Waals surface area contributed by atoms with Gasteiger partial charge in [-0.2, -0.15) is 0 Å². The van der Waals surface area contributed by atoms with Crippen molar-refractivity contribution in [3.05, 3.63) is 30.6 Å². The summed E-state index contributed by atoms with van der Waals surface area (Å²) < 4.78 is 11.9. The summed E-state index contributed by atoms with van der Waals surface area (Å²) in [7, 11) is 0. The molecule has 8 heteroatoms. The molecule has 16 heavy (non-hydrogen) atoms. The third-order valence-electron chi connectivity index (χ3n) is 2.12. The number of aromatic nitrogens is 2. The Kier molecular flexibility index (Phi) is 3.42. The topological polar surface area (TPSA) is 93.6 Å². The molecule has 0 saturated carbocycles. The van der Waals surface area contributed by atoms with E-state index in [1.165, 1.54) is 10.8 Å². The van der Waals surface area contributed by atoms with Crippen LogP contribution in [0.1, 0.15) is 6.23 Å². The monoisotopic (exact) mass is 340 g/mol. The smallest absolute Gasteiger partial charge is 0.330 e. The molecule has 2 heterocycles. The number of hydrogen-bond acceptors (Lipinski definition) is 5. The van der Waals surface area contributed by atoms with Gasteiger partial charge in [-0.15, -0.1) is 0 Å². The number of H-pyrrole nitrogens is 1. The van der Waals surface area contributed by atoms with Crippen molar-refractivity contribution in [2.45, 2.75) is 12.5 Å². The van der Waals surface area contributed by atoms with E-state index in [1.807, 2.05) is 22.6 Å². The molecule has 0 aromatic carbocycles. The van der Waals surface area contributed by atoms with E-state index in [0.29, 0.717) is 3.57 Å². The molecule has 0 aliphatic carbocycles. The summed E-state index contributed by atoms with van der Waals surface area (Å²) in [6, 6.07) is 0. The van der Waals surface area contributed by atoms with Crippen LogP contribution in [0.25, 0.3) is 0 Å². The van der Waals surface area contributed by atoms with E-state index in [2.05, 4.69) is 4.98 Å². The Hall–Kier alpha value is -0.710. The highest BCUT2D eigenvalue weighted by Gasteiger charge is 2.27. The van der Waals surface area contributed by atoms with Crippen LogP contribution in [0.5, 0.6) is 0 Å². The molecular formula is C8H9IN2O5. The fraction of sp³-hybridized carbons (Fsp3) is 0.500. The van der Waals surface area contributed by atoms with Crippen molar-refractivity contribution in [3.8, 4) is 0 Å². The summed E-state index contributed by atoms with van der Waals surface area (Å²) in [6.45, 7) is -0.112. The number of ether oxygens (including phenoxy) is 2. The van der Waals surface area contributed by atoms with E-state index in [0.717, 1.165) is 0 Å². The van der Waals surface area contributed by atoms with Crippen LogP contribution in [0.3, 0.4) is 0 Å². The standard InChI is InChI=1S/C8H9IN2O5/c9-4-1-11(8(14)10-7(4)13)5-3-15-6(2-12)16-5/h1,5-6,12H,2-3H2,(H,10,13,14)/t5-,6-/m0/s1. The average molecular weight is 340 g/mol. The van der Waals surface area contributed by atoms with Crippen LogP contribution in [0.2, 0.25) is 0 Å². The summed E-state index contributed by atoms with van der Waals surface area (Å²) in [5.74, 6) is 0. The molecule has 0 spiro atoms. The van der Waals surface area contributed by atoms with Crippen LogP contribution >= 0.6 is 22.6 Å². The number of nitrogens with one attached hydrogen (secondary N) is 1. The lowest BCUT2D eigenvalue weighted by molar-refractivity contribution is -0.0993. The number of rotatable bonds is 2. The van der Waals surface area contributed by atoms with E-state index >= 15 is 0 Å². The lowest BCUT2D eigenvalue weighted by Crippen LogP contribution is -2.34. The lowest BCUT2D eigenvalue weighted by Gasteiger charge is -2.12. The van der Waals surface area contributed by atoms with Gasteiger partial charge in [0.25, 0.3) is 5.56 Å². The zero-order valence-corrected chi connectivity index (χ0v) is 10.2. The summed E-state index contributed by atoms with van der Waals surface area (Å²) in [5.41, 5.74) is -0.989. The summed E-state index contributed by atoms with van der Waals surface area (Å²) in [4.78, 5) is 24.8. The van der Waals surface area contributed by atoms with Crippen molar-refractivity contribution in [2.75, 3.05) is 13.2 Å². The minimum atomic E-state index is -0.721. The quantitative estimate of drug-likeness (QED) is 0.674. The first-order chi connectivity index (χ1) is 7.61. The number of nitrogens with zero attached hydrogens (tertiary/aromatic N) is 1. The van der Waals surface area contributed by atoms with Crippen LogP contribution in [0.15, 0.2) is 15.8 Å². The summed E-state index contributed by atoms with van der Waals surface area (Å²) >= 11 is 1.82. The first-order valence-electron chi connectivity index (χ1n) is 4.50. The van der Waals surface area contributed by atoms with Gasteiger partial charge in [-0.05, 0) is 22.6 Å². The fourth-order valence-electron chi connectivity index (χ4n) is 1.36. The van der Waals surface area contributed by atoms with Gasteiger partial charge in [-0.25, -0.2) is 4.79 Å². The third kappa shape index (κ3) is 2.19. The van der Waals surface area contributed by atoms with Gasteiger partial charge in [-0.3, -0.25) is 14.3 Å². The van der Waals surface area contributed by atoms with E-state index < -0.39 is 23.8 Å². The second kappa shape index (κ2) is 4.65. The number of hydrogen-bond donors (Lipinski definition) is 2. The van der Waals surface area contributed by atoms with Gasteiger partial charge in [-0.1, -0.05) is 0 Å². The fourth-order valence-corrected chi connectivity index (χ4v) is 1.79. The largest absolute Gasteiger partial charge is 0.391 e. The van der Waals surface area contributed by atoms with Crippen molar-refractivity contribution in [3.63, 3.8) is 0 Å². The van der Waals surface area contributed by atoms with Crippen LogP contribution in [0, 0.1) is 3.57 Å². The lowest BCUT2D eigenvalue weighted by atomic mass is 10.5. The van der Waals surface area contributed by atoms with Gasteiger partial charge in [0.1, 0.15) is 0 Å². The normalized spacial score (nSPS) is 24.9. The van der Waals surface area contributed by atoms with Gasteiger partial charge in [0.2, 0.25) is 0 Å². The predicted octanol–water partition coefficient (Wildman–Crippen LogP) is -0.995. The molecule has 0 unspecified atom stereocenters. The average Bonchev–Trinajstić information content (AvgIpc) is 2.71. The Balaban J connectivity index is 2.32. The van der Waals surface area contributed by atoms with Crippen LogP contribution < -0.4 is 11.2 Å². The van der Waals surface area contributed by atoms with Crippen LogP contribution in [-0.2, 0) is 9.47 Å². The maximum absolute atomic E-state index is 11.5. The van der Waals surface area contributed by atoms with Crippen molar-refractivity contribution in [1.82, 2.24) is 9.55 Å². The molecule has 2 N–H and O–H groups in total. The second-order valence-corrected chi connectivity index (χ2v) is 4.34. The molecule has 1 fully saturated rings. The molecule has 1 aliphatic heterocycles. The second-order valence-electron chi connectivity index (χ2n) is 3.18. The van der Waals surface area contributed by atoms with E-state index in [1.54, 1.807) is 0 Å². The highest BCUT2D eigenvalue weighted by atomic mass is 127. The Morgan fingerprint density at radius 2 is 2.38 bits per heavy atom. The Bertz CT molecular complexity index is 496. The molecule has 7 nitrogen and oxygen atoms in total. The molecule has 1 aromatic heterocycles. The molecule has 0 radical (unpaired) electrons. The van der Waals surface area contributed by atoms with Gasteiger partial charge in [0.05, 0.1) is 16.8 Å². The molecule has 2 atom stereocenters. The van der Waals surface area contributed by atoms with Gasteiger partial charge in [0, 0.05) is 6.20 Å². The first kappa shape index (κ1) is 11.8. The number of aliphatic hydroxyl groups is 1. The van der Waals surface area contributed by atoms with Gasteiger partial charge < -0.3 is 14.6 Å². The summed E-state index contributed by atoms with van der Waals surface area (Å²) in [6.07, 6.45) is 0.0618. The van der Waals surface area contributed by atoms with Gasteiger partial charge in [0.15, 0.2) is 12.5 Å². The minimum absolute atomic E-state index is 0.160. The molecular weight excluding hydrogens is 331 g/mol. The maximum atomic E-state index is 11.5. The molecule has 1 aromatic rings. The number of halogens is 1. The maximum Gasteiger partial charge on any atom is 0.330 e. The minimum Gasteiger partial charge on any atom is -0.391 e.